The molecule has 2 N–H and O–H groups in total. The summed E-state index contributed by atoms with van der Waals surface area (Å²) in [5.74, 6) is 1.22. The molecule has 2 aromatic rings. The molecule has 5 nitrogen and oxygen atoms in total. The Morgan fingerprint density at radius 2 is 2.05 bits per heavy atom. The number of nitrogens with zero attached hydrogens (tertiary/aromatic N) is 1. The standard InChI is InChI=1S/C15H16N2O3S/c1-19-12-8-11(15(16)21)9-13(10-12)20-7-6-17-5-3-2-4-14(17)18/h2-5,8-10H,6-7H2,1H3,(H2,16,21). The van der Waals surface area contributed by atoms with E-state index in [4.69, 9.17) is 27.4 Å². The molecule has 1 aromatic heterocycles. The quantitative estimate of drug-likeness (QED) is 0.821. The zero-order chi connectivity index (χ0) is 15.2. The van der Waals surface area contributed by atoms with Crippen molar-refractivity contribution in [3.63, 3.8) is 0 Å². The average molecular weight is 304 g/mol. The van der Waals surface area contributed by atoms with E-state index in [-0.39, 0.29) is 10.5 Å². The predicted molar refractivity (Wildman–Crippen MR) is 85.1 cm³/mol. The number of aromatic nitrogens is 1. The topological polar surface area (TPSA) is 66.5 Å². The molecule has 1 aromatic carbocycles. The molecular weight excluding hydrogens is 288 g/mol. The van der Waals surface area contributed by atoms with Crippen LogP contribution in [0.25, 0.3) is 0 Å². The van der Waals surface area contributed by atoms with Crippen molar-refractivity contribution in [2.24, 2.45) is 5.73 Å². The van der Waals surface area contributed by atoms with Crippen LogP contribution in [0.1, 0.15) is 5.56 Å². The number of rotatable bonds is 6. The lowest BCUT2D eigenvalue weighted by Gasteiger charge is -2.11. The summed E-state index contributed by atoms with van der Waals surface area (Å²) in [7, 11) is 1.56. The summed E-state index contributed by atoms with van der Waals surface area (Å²) in [4.78, 5) is 11.8. The highest BCUT2D eigenvalue weighted by atomic mass is 32.1. The summed E-state index contributed by atoms with van der Waals surface area (Å²) in [6.07, 6.45) is 1.72. The van der Waals surface area contributed by atoms with E-state index < -0.39 is 0 Å². The summed E-state index contributed by atoms with van der Waals surface area (Å²) >= 11 is 4.96. The molecule has 0 aliphatic rings. The maximum absolute atomic E-state index is 11.6. The van der Waals surface area contributed by atoms with Crippen LogP contribution >= 0.6 is 12.2 Å². The van der Waals surface area contributed by atoms with Crippen molar-refractivity contribution >= 4 is 17.2 Å². The fourth-order valence-corrected chi connectivity index (χ4v) is 1.94. The number of hydrogen-bond acceptors (Lipinski definition) is 4. The van der Waals surface area contributed by atoms with E-state index in [1.54, 1.807) is 48.2 Å². The lowest BCUT2D eigenvalue weighted by atomic mass is 10.2. The van der Waals surface area contributed by atoms with Crippen LogP contribution < -0.4 is 20.8 Å². The van der Waals surface area contributed by atoms with Crippen LogP contribution in [0.2, 0.25) is 0 Å². The van der Waals surface area contributed by atoms with E-state index in [9.17, 15) is 4.79 Å². The lowest BCUT2D eigenvalue weighted by molar-refractivity contribution is 0.294. The fraction of sp³-hybridized carbons (Fsp3) is 0.200. The molecule has 0 bridgehead atoms. The molecule has 0 aliphatic carbocycles. The van der Waals surface area contributed by atoms with E-state index in [2.05, 4.69) is 0 Å². The largest absolute Gasteiger partial charge is 0.497 e. The Hall–Kier alpha value is -2.34. The van der Waals surface area contributed by atoms with Gasteiger partial charge in [0.15, 0.2) is 0 Å². The summed E-state index contributed by atoms with van der Waals surface area (Å²) in [5, 5.41) is 0. The summed E-state index contributed by atoms with van der Waals surface area (Å²) < 4.78 is 12.4. The molecule has 0 unspecified atom stereocenters. The molecular formula is C15H16N2O3S. The molecule has 2 rings (SSSR count). The molecule has 1 heterocycles. The number of ether oxygens (including phenoxy) is 2. The molecule has 0 spiro atoms. The van der Waals surface area contributed by atoms with Gasteiger partial charge in [-0.15, -0.1) is 0 Å². The summed E-state index contributed by atoms with van der Waals surface area (Å²) in [6, 6.07) is 10.3. The number of methoxy groups -OCH3 is 1. The molecule has 0 atom stereocenters. The zero-order valence-electron chi connectivity index (χ0n) is 11.6. The van der Waals surface area contributed by atoms with Gasteiger partial charge in [-0.3, -0.25) is 4.79 Å². The van der Waals surface area contributed by atoms with Gasteiger partial charge < -0.3 is 19.8 Å². The first-order valence-corrected chi connectivity index (χ1v) is 6.78. The maximum atomic E-state index is 11.6. The molecule has 0 aliphatic heterocycles. The van der Waals surface area contributed by atoms with Crippen LogP contribution in [-0.2, 0) is 6.54 Å². The second-order valence-corrected chi connectivity index (χ2v) is 4.78. The van der Waals surface area contributed by atoms with Gasteiger partial charge in [-0.1, -0.05) is 18.3 Å². The predicted octanol–water partition coefficient (Wildman–Crippen LogP) is 1.57. The van der Waals surface area contributed by atoms with Gasteiger partial charge in [0, 0.05) is 23.9 Å². The van der Waals surface area contributed by atoms with Gasteiger partial charge in [0.1, 0.15) is 23.1 Å². The lowest BCUT2D eigenvalue weighted by Crippen LogP contribution is -2.21. The third-order valence-electron chi connectivity index (χ3n) is 2.90. The van der Waals surface area contributed by atoms with Gasteiger partial charge in [0.2, 0.25) is 0 Å². The summed E-state index contributed by atoms with van der Waals surface area (Å²) in [5.41, 5.74) is 6.24. The smallest absolute Gasteiger partial charge is 0.250 e. The van der Waals surface area contributed by atoms with Crippen LogP contribution in [0, 0.1) is 0 Å². The molecule has 0 saturated carbocycles. The Bertz CT molecular complexity index is 697. The molecule has 0 fully saturated rings. The molecule has 0 radical (unpaired) electrons. The number of pyridine rings is 1. The van der Waals surface area contributed by atoms with Crippen LogP contribution in [0.4, 0.5) is 0 Å². The number of hydrogen-bond donors (Lipinski definition) is 1. The maximum Gasteiger partial charge on any atom is 0.250 e. The van der Waals surface area contributed by atoms with Crippen molar-refractivity contribution in [2.75, 3.05) is 13.7 Å². The van der Waals surface area contributed by atoms with Gasteiger partial charge in [0.05, 0.1) is 13.7 Å². The molecule has 21 heavy (non-hydrogen) atoms. The third-order valence-corrected chi connectivity index (χ3v) is 3.14. The first kappa shape index (κ1) is 15.1. The Morgan fingerprint density at radius 1 is 1.29 bits per heavy atom. The van der Waals surface area contributed by atoms with Crippen LogP contribution in [0.5, 0.6) is 11.5 Å². The molecule has 6 heteroatoms. The van der Waals surface area contributed by atoms with Gasteiger partial charge in [-0.05, 0) is 18.2 Å². The average Bonchev–Trinajstić information content (AvgIpc) is 2.49. The number of thiocarbonyl (C=S) groups is 1. The second kappa shape index (κ2) is 6.90. The molecule has 0 amide bonds. The second-order valence-electron chi connectivity index (χ2n) is 4.34. The normalized spacial score (nSPS) is 10.1. The minimum absolute atomic E-state index is 0.0597. The van der Waals surface area contributed by atoms with Gasteiger partial charge in [-0.2, -0.15) is 0 Å². The monoisotopic (exact) mass is 304 g/mol. The van der Waals surface area contributed by atoms with E-state index in [0.29, 0.717) is 30.2 Å². The van der Waals surface area contributed by atoms with Crippen molar-refractivity contribution in [2.45, 2.75) is 6.54 Å². The van der Waals surface area contributed by atoms with Crippen molar-refractivity contribution in [1.82, 2.24) is 4.57 Å². The first-order valence-electron chi connectivity index (χ1n) is 6.37. The Labute approximate surface area is 127 Å². The van der Waals surface area contributed by atoms with E-state index in [1.165, 1.54) is 6.07 Å². The SMILES string of the molecule is COc1cc(OCCn2ccccc2=O)cc(C(N)=S)c1. The van der Waals surface area contributed by atoms with E-state index in [0.717, 1.165) is 0 Å². The van der Waals surface area contributed by atoms with Crippen molar-refractivity contribution in [3.05, 3.63) is 58.5 Å². The van der Waals surface area contributed by atoms with Crippen molar-refractivity contribution < 1.29 is 9.47 Å². The minimum atomic E-state index is -0.0597. The highest BCUT2D eigenvalue weighted by Gasteiger charge is 2.05. The highest BCUT2D eigenvalue weighted by Crippen LogP contribution is 2.22. The van der Waals surface area contributed by atoms with Gasteiger partial charge >= 0.3 is 0 Å². The number of nitrogens with two attached hydrogens (primary N) is 1. The van der Waals surface area contributed by atoms with Gasteiger partial charge in [0.25, 0.3) is 5.56 Å². The van der Waals surface area contributed by atoms with E-state index in [1.807, 2.05) is 0 Å². The summed E-state index contributed by atoms with van der Waals surface area (Å²) in [6.45, 7) is 0.813. The van der Waals surface area contributed by atoms with Crippen molar-refractivity contribution in [3.8, 4) is 11.5 Å². The van der Waals surface area contributed by atoms with E-state index >= 15 is 0 Å². The Kier molecular flexibility index (Phi) is 4.94. The van der Waals surface area contributed by atoms with Crippen molar-refractivity contribution in [1.29, 1.82) is 0 Å². The molecule has 110 valence electrons. The highest BCUT2D eigenvalue weighted by molar-refractivity contribution is 7.80. The van der Waals surface area contributed by atoms with Crippen LogP contribution in [0.3, 0.4) is 0 Å². The fourth-order valence-electron chi connectivity index (χ4n) is 1.82. The first-order chi connectivity index (χ1) is 10.1. The zero-order valence-corrected chi connectivity index (χ0v) is 12.4. The third kappa shape index (κ3) is 4.06. The van der Waals surface area contributed by atoms with Crippen LogP contribution in [-0.4, -0.2) is 23.3 Å². The molecule has 0 saturated heterocycles. The van der Waals surface area contributed by atoms with Crippen LogP contribution in [0.15, 0.2) is 47.4 Å². The minimum Gasteiger partial charge on any atom is -0.497 e. The number of benzene rings is 1. The Balaban J connectivity index is 2.06. The Morgan fingerprint density at radius 3 is 2.71 bits per heavy atom. The van der Waals surface area contributed by atoms with Gasteiger partial charge in [-0.25, -0.2) is 0 Å².